The van der Waals surface area contributed by atoms with Crippen LogP contribution in [-0.4, -0.2) is 40.5 Å². The van der Waals surface area contributed by atoms with E-state index in [0.29, 0.717) is 12.1 Å². The highest BCUT2D eigenvalue weighted by atomic mass is 32.1. The second kappa shape index (κ2) is 6.08. The summed E-state index contributed by atoms with van der Waals surface area (Å²) < 4.78 is 7.56. The summed E-state index contributed by atoms with van der Waals surface area (Å²) in [6, 6.07) is 2.66. The lowest BCUT2D eigenvalue weighted by molar-refractivity contribution is 0.0639. The fourth-order valence-corrected chi connectivity index (χ4v) is 3.71. The first-order valence-corrected chi connectivity index (χ1v) is 7.96. The van der Waals surface area contributed by atoms with Gasteiger partial charge in [0.2, 0.25) is 0 Å². The minimum Gasteiger partial charge on any atom is -0.380 e. The lowest BCUT2D eigenvalue weighted by atomic mass is 10.0. The normalized spacial score (nSPS) is 23.5. The maximum atomic E-state index is 5.69. The van der Waals surface area contributed by atoms with Gasteiger partial charge in [-0.1, -0.05) is 0 Å². The Kier molecular flexibility index (Phi) is 4.19. The molecule has 3 heterocycles. The lowest BCUT2D eigenvalue weighted by Gasteiger charge is -2.27. The summed E-state index contributed by atoms with van der Waals surface area (Å²) in [7, 11) is 3.80. The Morgan fingerprint density at radius 3 is 3.00 bits per heavy atom. The van der Waals surface area contributed by atoms with Crippen molar-refractivity contribution >= 4 is 11.3 Å². The van der Waals surface area contributed by atoms with Crippen LogP contribution in [0.25, 0.3) is 0 Å². The molecular formula is C15H21N3OS. The molecule has 108 valence electrons. The maximum Gasteiger partial charge on any atom is 0.0742 e. The first-order chi connectivity index (χ1) is 9.76. The van der Waals surface area contributed by atoms with E-state index < -0.39 is 0 Å². The Balaban J connectivity index is 1.72. The maximum absolute atomic E-state index is 5.69. The Labute approximate surface area is 124 Å². The number of methoxy groups -OCH3 is 1. The molecule has 5 heteroatoms. The number of aryl methyl sites for hydroxylation is 1. The zero-order valence-corrected chi connectivity index (χ0v) is 12.8. The Morgan fingerprint density at radius 2 is 2.35 bits per heavy atom. The number of thiophene rings is 1. The molecule has 0 saturated carbocycles. The third-order valence-electron chi connectivity index (χ3n) is 4.07. The number of aromatic nitrogens is 2. The van der Waals surface area contributed by atoms with Crippen molar-refractivity contribution in [3.8, 4) is 0 Å². The second-order valence-electron chi connectivity index (χ2n) is 5.46. The van der Waals surface area contributed by atoms with Crippen molar-refractivity contribution < 1.29 is 4.74 Å². The number of likely N-dealkylation sites (tertiary alicyclic amines) is 1. The lowest BCUT2D eigenvalue weighted by Crippen LogP contribution is -2.37. The number of ether oxygens (including phenoxy) is 1. The quantitative estimate of drug-likeness (QED) is 0.847. The SMILES string of the molecule is CO[C@H]1CCN(Cc2ccsc2)[C@H]1Cc1cnn(C)c1. The van der Waals surface area contributed by atoms with Crippen LogP contribution in [0.5, 0.6) is 0 Å². The molecule has 0 bridgehead atoms. The highest BCUT2D eigenvalue weighted by molar-refractivity contribution is 7.07. The van der Waals surface area contributed by atoms with Crippen LogP contribution in [0.4, 0.5) is 0 Å². The fourth-order valence-electron chi connectivity index (χ4n) is 3.05. The van der Waals surface area contributed by atoms with E-state index in [0.717, 1.165) is 25.9 Å². The van der Waals surface area contributed by atoms with Gasteiger partial charge in [0.15, 0.2) is 0 Å². The summed E-state index contributed by atoms with van der Waals surface area (Å²) >= 11 is 1.77. The van der Waals surface area contributed by atoms with Gasteiger partial charge in [0.25, 0.3) is 0 Å². The van der Waals surface area contributed by atoms with Crippen LogP contribution in [0.1, 0.15) is 17.5 Å². The third kappa shape index (κ3) is 2.95. The minimum absolute atomic E-state index is 0.328. The van der Waals surface area contributed by atoms with Crippen molar-refractivity contribution in [3.63, 3.8) is 0 Å². The summed E-state index contributed by atoms with van der Waals surface area (Å²) in [6.45, 7) is 2.13. The molecule has 4 nitrogen and oxygen atoms in total. The number of hydrogen-bond donors (Lipinski definition) is 0. The highest BCUT2D eigenvalue weighted by Gasteiger charge is 2.34. The first-order valence-electron chi connectivity index (χ1n) is 7.01. The highest BCUT2D eigenvalue weighted by Crippen LogP contribution is 2.26. The van der Waals surface area contributed by atoms with E-state index in [2.05, 4.69) is 33.0 Å². The molecule has 2 atom stereocenters. The molecule has 1 aliphatic heterocycles. The van der Waals surface area contributed by atoms with Gasteiger partial charge in [-0.2, -0.15) is 16.4 Å². The van der Waals surface area contributed by atoms with Gasteiger partial charge >= 0.3 is 0 Å². The van der Waals surface area contributed by atoms with E-state index in [-0.39, 0.29) is 0 Å². The van der Waals surface area contributed by atoms with Gasteiger partial charge < -0.3 is 4.74 Å². The molecule has 1 aliphatic rings. The number of nitrogens with zero attached hydrogens (tertiary/aromatic N) is 3. The molecule has 1 fully saturated rings. The first kappa shape index (κ1) is 13.8. The van der Waals surface area contributed by atoms with Gasteiger partial charge in [-0.05, 0) is 40.8 Å². The van der Waals surface area contributed by atoms with Crippen molar-refractivity contribution in [2.45, 2.75) is 31.5 Å². The van der Waals surface area contributed by atoms with Gasteiger partial charge in [-0.25, -0.2) is 0 Å². The summed E-state index contributed by atoms with van der Waals surface area (Å²) in [5.74, 6) is 0. The van der Waals surface area contributed by atoms with Gasteiger partial charge in [-0.3, -0.25) is 9.58 Å². The Hall–Kier alpha value is -1.17. The van der Waals surface area contributed by atoms with E-state index in [1.54, 1.807) is 11.3 Å². The topological polar surface area (TPSA) is 30.3 Å². The predicted octanol–water partition coefficient (Wildman–Crippen LogP) is 2.31. The molecule has 2 aromatic heterocycles. The van der Waals surface area contributed by atoms with Crippen LogP contribution < -0.4 is 0 Å². The van der Waals surface area contributed by atoms with E-state index >= 15 is 0 Å². The van der Waals surface area contributed by atoms with Crippen LogP contribution in [0.3, 0.4) is 0 Å². The molecule has 1 saturated heterocycles. The third-order valence-corrected chi connectivity index (χ3v) is 4.80. The Morgan fingerprint density at radius 1 is 1.45 bits per heavy atom. The van der Waals surface area contributed by atoms with Crippen molar-refractivity contribution in [2.24, 2.45) is 7.05 Å². The van der Waals surface area contributed by atoms with Crippen LogP contribution in [0.15, 0.2) is 29.2 Å². The van der Waals surface area contributed by atoms with Crippen LogP contribution in [0, 0.1) is 0 Å². The van der Waals surface area contributed by atoms with Crippen LogP contribution >= 0.6 is 11.3 Å². The molecule has 0 unspecified atom stereocenters. The smallest absolute Gasteiger partial charge is 0.0742 e. The van der Waals surface area contributed by atoms with E-state index in [1.807, 2.05) is 25.0 Å². The van der Waals surface area contributed by atoms with Crippen molar-refractivity contribution in [2.75, 3.05) is 13.7 Å². The molecule has 0 amide bonds. The molecule has 0 spiro atoms. The predicted molar refractivity (Wildman–Crippen MR) is 80.8 cm³/mol. The average Bonchev–Trinajstić information content (AvgIpc) is 3.15. The fraction of sp³-hybridized carbons (Fsp3) is 0.533. The summed E-state index contributed by atoms with van der Waals surface area (Å²) in [4.78, 5) is 2.54. The average molecular weight is 291 g/mol. The monoisotopic (exact) mass is 291 g/mol. The van der Waals surface area contributed by atoms with Gasteiger partial charge in [0.1, 0.15) is 0 Å². The molecule has 2 aromatic rings. The minimum atomic E-state index is 0.328. The molecule has 20 heavy (non-hydrogen) atoms. The summed E-state index contributed by atoms with van der Waals surface area (Å²) in [5, 5.41) is 8.65. The van der Waals surface area contributed by atoms with Gasteiger partial charge in [0.05, 0.1) is 12.3 Å². The Bertz CT molecular complexity index is 537. The van der Waals surface area contributed by atoms with E-state index in [4.69, 9.17) is 4.74 Å². The van der Waals surface area contributed by atoms with Gasteiger partial charge in [-0.15, -0.1) is 0 Å². The van der Waals surface area contributed by atoms with E-state index in [9.17, 15) is 0 Å². The molecule has 0 radical (unpaired) electrons. The largest absolute Gasteiger partial charge is 0.380 e. The molecule has 0 N–H and O–H groups in total. The van der Waals surface area contributed by atoms with E-state index in [1.165, 1.54) is 11.1 Å². The second-order valence-corrected chi connectivity index (χ2v) is 6.24. The van der Waals surface area contributed by atoms with Crippen molar-refractivity contribution in [3.05, 3.63) is 40.3 Å². The standard InChI is InChI=1S/C15H21N3OS/c1-17-9-13(8-16-17)7-14-15(19-2)3-5-18(14)10-12-4-6-20-11-12/h4,6,8-9,11,14-15H,3,5,7,10H2,1-2H3/t14-,15-/m0/s1. The number of rotatable bonds is 5. The summed E-state index contributed by atoms with van der Waals surface area (Å²) in [6.07, 6.45) is 6.53. The van der Waals surface area contributed by atoms with Gasteiger partial charge in [0, 0.05) is 39.5 Å². The van der Waals surface area contributed by atoms with Crippen molar-refractivity contribution in [1.29, 1.82) is 0 Å². The molecule has 0 aliphatic carbocycles. The molecule has 0 aromatic carbocycles. The van der Waals surface area contributed by atoms with Crippen LogP contribution in [-0.2, 0) is 24.8 Å². The summed E-state index contributed by atoms with van der Waals surface area (Å²) in [5.41, 5.74) is 2.69. The van der Waals surface area contributed by atoms with Crippen molar-refractivity contribution in [1.82, 2.24) is 14.7 Å². The zero-order valence-electron chi connectivity index (χ0n) is 12.0. The number of hydrogen-bond acceptors (Lipinski definition) is 4. The molecule has 3 rings (SSSR count). The van der Waals surface area contributed by atoms with Crippen LogP contribution in [0.2, 0.25) is 0 Å². The zero-order chi connectivity index (χ0) is 13.9. The molecular weight excluding hydrogens is 270 g/mol.